The Balaban J connectivity index is 4.16. The van der Waals surface area contributed by atoms with E-state index in [1.54, 1.807) is 0 Å². The van der Waals surface area contributed by atoms with E-state index < -0.39 is 9.28 Å². The van der Waals surface area contributed by atoms with Gasteiger partial charge in [-0.1, -0.05) is 0 Å². The van der Waals surface area contributed by atoms with Gasteiger partial charge in [0.25, 0.3) is 0 Å². The Morgan fingerprint density at radius 2 is 1.29 bits per heavy atom. The molecular weight excluding hydrogens is 194 g/mol. The van der Waals surface area contributed by atoms with Crippen molar-refractivity contribution < 1.29 is 8.85 Å². The molecule has 0 amide bonds. The number of hydrogen-bond donors (Lipinski definition) is 1. The molecule has 0 aromatic rings. The van der Waals surface area contributed by atoms with Gasteiger partial charge in [0.2, 0.25) is 0 Å². The van der Waals surface area contributed by atoms with Gasteiger partial charge < -0.3 is 14.2 Å². The quantitative estimate of drug-likeness (QED) is 0.729. The third-order valence-electron chi connectivity index (χ3n) is 1.34. The molecule has 0 rings (SSSR count). The fraction of sp³-hybridized carbons (Fsp3) is 1.00. The second kappa shape index (κ2) is 5.26. The van der Waals surface area contributed by atoms with E-state index in [0.29, 0.717) is 0 Å². The summed E-state index contributed by atoms with van der Waals surface area (Å²) in [7, 11) is 0.334. The molecule has 3 nitrogen and oxygen atoms in total. The highest BCUT2D eigenvalue weighted by Crippen LogP contribution is 2.14. The van der Waals surface area contributed by atoms with Crippen LogP contribution in [0, 0.1) is 0 Å². The Hall–Kier alpha value is 0.0969. The van der Waals surface area contributed by atoms with Crippen molar-refractivity contribution in [2.75, 3.05) is 13.2 Å². The molecule has 0 saturated carbocycles. The van der Waals surface area contributed by atoms with E-state index in [-0.39, 0.29) is 11.2 Å². The average Bonchev–Trinajstić information content (AvgIpc) is 1.78. The van der Waals surface area contributed by atoms with Crippen molar-refractivity contribution in [2.45, 2.75) is 52.7 Å². The Kier molecular flexibility index (Phi) is 5.29. The minimum atomic E-state index is -1.59. The van der Waals surface area contributed by atoms with Crippen molar-refractivity contribution in [1.82, 2.24) is 5.32 Å². The van der Waals surface area contributed by atoms with Crippen LogP contribution in [0.2, 0.25) is 0 Å². The molecule has 0 aliphatic heterocycles. The number of rotatable bonds is 4. The van der Waals surface area contributed by atoms with E-state index in [1.807, 2.05) is 7.05 Å². The first-order valence-corrected chi connectivity index (χ1v) is 6.90. The molecule has 0 spiro atoms. The first kappa shape index (κ1) is 14.1. The van der Waals surface area contributed by atoms with Gasteiger partial charge in [0.1, 0.15) is 0 Å². The fourth-order valence-corrected chi connectivity index (χ4v) is 3.19. The van der Waals surface area contributed by atoms with Crippen molar-refractivity contribution in [3.63, 3.8) is 0 Å². The molecule has 1 N–H and O–H groups in total. The van der Waals surface area contributed by atoms with Crippen LogP contribution in [0.3, 0.4) is 0 Å². The lowest BCUT2D eigenvalue weighted by molar-refractivity contribution is 0.0336. The Bertz CT molecular complexity index is 144. The van der Waals surface area contributed by atoms with Crippen molar-refractivity contribution in [3.05, 3.63) is 0 Å². The van der Waals surface area contributed by atoms with Gasteiger partial charge in [0, 0.05) is 17.4 Å². The maximum Gasteiger partial charge on any atom is 0.336 e. The molecule has 0 saturated heterocycles. The van der Waals surface area contributed by atoms with E-state index in [1.165, 1.54) is 0 Å². The summed E-state index contributed by atoms with van der Waals surface area (Å²) < 4.78 is 11.8. The smallest absolute Gasteiger partial charge is 0.336 e. The predicted molar refractivity (Wildman–Crippen MR) is 62.8 cm³/mol. The van der Waals surface area contributed by atoms with Gasteiger partial charge in [-0.05, 0) is 48.6 Å². The molecule has 0 aromatic heterocycles. The monoisotopic (exact) mass is 219 g/mol. The molecular formula is C10H25NO2Si. The van der Waals surface area contributed by atoms with Crippen LogP contribution in [-0.4, -0.2) is 33.7 Å². The normalized spacial score (nSPS) is 13.7. The molecule has 86 valence electrons. The summed E-state index contributed by atoms with van der Waals surface area (Å²) in [6.45, 7) is 12.4. The standard InChI is InChI=1S/C10H25NO2Si/c1-9(2,3)12-14(8-11-7)13-10(4,5)6/h11,14H,8H2,1-7H3. The summed E-state index contributed by atoms with van der Waals surface area (Å²) in [5.41, 5.74) is -0.224. The lowest BCUT2D eigenvalue weighted by Gasteiger charge is -2.31. The van der Waals surface area contributed by atoms with Crippen molar-refractivity contribution >= 4 is 9.28 Å². The van der Waals surface area contributed by atoms with Crippen LogP contribution in [0.5, 0.6) is 0 Å². The fourth-order valence-electron chi connectivity index (χ4n) is 1.06. The second-order valence-electron chi connectivity index (χ2n) is 5.45. The molecule has 0 unspecified atom stereocenters. The van der Waals surface area contributed by atoms with Gasteiger partial charge in [-0.25, -0.2) is 0 Å². The van der Waals surface area contributed by atoms with Gasteiger partial charge in [-0.2, -0.15) is 0 Å². The highest BCUT2D eigenvalue weighted by molar-refractivity contribution is 6.44. The van der Waals surface area contributed by atoms with Crippen molar-refractivity contribution in [3.8, 4) is 0 Å². The van der Waals surface area contributed by atoms with E-state index >= 15 is 0 Å². The summed E-state index contributed by atoms with van der Waals surface area (Å²) in [6, 6.07) is 0. The highest BCUT2D eigenvalue weighted by Gasteiger charge is 2.25. The summed E-state index contributed by atoms with van der Waals surface area (Å²) in [6.07, 6.45) is 0.842. The molecule has 0 aliphatic rings. The first-order chi connectivity index (χ1) is 6.14. The molecule has 0 atom stereocenters. The van der Waals surface area contributed by atoms with E-state index in [0.717, 1.165) is 6.17 Å². The Morgan fingerprint density at radius 3 is 1.50 bits per heavy atom. The van der Waals surface area contributed by atoms with Crippen LogP contribution in [0.25, 0.3) is 0 Å². The van der Waals surface area contributed by atoms with Gasteiger partial charge in [0.15, 0.2) is 0 Å². The van der Waals surface area contributed by atoms with Crippen LogP contribution in [0.4, 0.5) is 0 Å². The SMILES string of the molecule is CNC[SiH](OC(C)(C)C)OC(C)(C)C. The van der Waals surface area contributed by atoms with Gasteiger partial charge >= 0.3 is 9.28 Å². The molecule has 4 heteroatoms. The van der Waals surface area contributed by atoms with Crippen molar-refractivity contribution in [2.24, 2.45) is 0 Å². The maximum atomic E-state index is 5.91. The van der Waals surface area contributed by atoms with Gasteiger partial charge in [0.05, 0.1) is 0 Å². The molecule has 14 heavy (non-hydrogen) atoms. The Labute approximate surface area is 90.0 Å². The molecule has 0 fully saturated rings. The third-order valence-corrected chi connectivity index (χ3v) is 4.02. The Morgan fingerprint density at radius 1 is 0.929 bits per heavy atom. The van der Waals surface area contributed by atoms with Gasteiger partial charge in [-0.3, -0.25) is 0 Å². The minimum absolute atomic E-state index is 0.112. The van der Waals surface area contributed by atoms with Crippen LogP contribution in [0.15, 0.2) is 0 Å². The van der Waals surface area contributed by atoms with Crippen LogP contribution < -0.4 is 5.32 Å². The first-order valence-electron chi connectivity index (χ1n) is 5.14. The zero-order valence-electron chi connectivity index (χ0n) is 10.6. The molecule has 0 radical (unpaired) electrons. The summed E-state index contributed by atoms with van der Waals surface area (Å²) in [5.74, 6) is 0. The van der Waals surface area contributed by atoms with E-state index in [2.05, 4.69) is 46.9 Å². The number of hydrogen-bond acceptors (Lipinski definition) is 3. The second-order valence-corrected chi connectivity index (χ2v) is 7.19. The molecule has 0 heterocycles. The maximum absolute atomic E-state index is 5.91. The summed E-state index contributed by atoms with van der Waals surface area (Å²) in [4.78, 5) is 0. The van der Waals surface area contributed by atoms with Crippen LogP contribution >= 0.6 is 0 Å². The van der Waals surface area contributed by atoms with Gasteiger partial charge in [-0.15, -0.1) is 0 Å². The minimum Gasteiger partial charge on any atom is -0.391 e. The topological polar surface area (TPSA) is 30.5 Å². The molecule has 0 aliphatic carbocycles. The van der Waals surface area contributed by atoms with E-state index in [9.17, 15) is 0 Å². The van der Waals surface area contributed by atoms with Crippen molar-refractivity contribution in [1.29, 1.82) is 0 Å². The lowest BCUT2D eigenvalue weighted by atomic mass is 10.2. The predicted octanol–water partition coefficient (Wildman–Crippen LogP) is 1.60. The molecule has 0 aromatic carbocycles. The largest absolute Gasteiger partial charge is 0.391 e. The summed E-state index contributed by atoms with van der Waals surface area (Å²) in [5, 5.41) is 3.12. The van der Waals surface area contributed by atoms with Crippen LogP contribution in [-0.2, 0) is 8.85 Å². The number of nitrogens with one attached hydrogen (secondary N) is 1. The summed E-state index contributed by atoms with van der Waals surface area (Å²) >= 11 is 0. The van der Waals surface area contributed by atoms with Crippen LogP contribution in [0.1, 0.15) is 41.5 Å². The zero-order chi connectivity index (χ0) is 11.4. The average molecular weight is 219 g/mol. The highest BCUT2D eigenvalue weighted by atomic mass is 28.3. The van der Waals surface area contributed by atoms with E-state index in [4.69, 9.17) is 8.85 Å². The molecule has 0 bridgehead atoms. The third kappa shape index (κ3) is 8.68. The zero-order valence-corrected chi connectivity index (χ0v) is 11.8. The lowest BCUT2D eigenvalue weighted by Crippen LogP contribution is -2.44.